The number of carbonyl (C=O) groups excluding carboxylic acids is 1. The summed E-state index contributed by atoms with van der Waals surface area (Å²) in [6.07, 6.45) is 1.01. The van der Waals surface area contributed by atoms with Crippen LogP contribution in [0.5, 0.6) is 0 Å². The molecule has 2 rings (SSSR count). The van der Waals surface area contributed by atoms with Crippen molar-refractivity contribution in [3.8, 4) is 0 Å². The number of halogens is 2. The molecular formula is C13H14F2N2O4. The van der Waals surface area contributed by atoms with E-state index in [9.17, 15) is 23.7 Å². The van der Waals surface area contributed by atoms with Gasteiger partial charge in [-0.25, -0.2) is 9.18 Å². The SMILES string of the molecule is CCOC(=O)C1CCCN1c1cc(F)cc(F)c1[N+](=O)[O-]. The molecule has 1 aromatic rings. The van der Waals surface area contributed by atoms with Gasteiger partial charge in [0.1, 0.15) is 17.5 Å². The second-order valence-electron chi connectivity index (χ2n) is 4.62. The van der Waals surface area contributed by atoms with E-state index in [-0.39, 0.29) is 12.3 Å². The smallest absolute Gasteiger partial charge is 0.328 e. The average molecular weight is 300 g/mol. The Morgan fingerprint density at radius 3 is 2.86 bits per heavy atom. The average Bonchev–Trinajstić information content (AvgIpc) is 2.86. The molecule has 1 fully saturated rings. The Hall–Kier alpha value is -2.25. The summed E-state index contributed by atoms with van der Waals surface area (Å²) in [6.45, 7) is 2.11. The molecule has 1 heterocycles. The number of nitro benzene ring substituents is 1. The van der Waals surface area contributed by atoms with Crippen molar-refractivity contribution in [3.63, 3.8) is 0 Å². The zero-order valence-corrected chi connectivity index (χ0v) is 11.3. The van der Waals surface area contributed by atoms with Crippen LogP contribution in [0.1, 0.15) is 19.8 Å². The molecule has 1 atom stereocenters. The molecule has 1 aliphatic heterocycles. The van der Waals surface area contributed by atoms with E-state index in [0.29, 0.717) is 25.5 Å². The van der Waals surface area contributed by atoms with E-state index in [2.05, 4.69) is 0 Å². The molecule has 0 spiro atoms. The summed E-state index contributed by atoms with van der Waals surface area (Å²) in [5.74, 6) is -2.74. The predicted molar refractivity (Wildman–Crippen MR) is 70.0 cm³/mol. The maximum Gasteiger partial charge on any atom is 0.328 e. The summed E-state index contributed by atoms with van der Waals surface area (Å²) in [6, 6.07) is 0.570. The number of nitro groups is 1. The fraction of sp³-hybridized carbons (Fsp3) is 0.462. The Balaban J connectivity index is 2.45. The van der Waals surface area contributed by atoms with Gasteiger partial charge >= 0.3 is 11.7 Å². The predicted octanol–water partition coefficient (Wildman–Crippen LogP) is 2.40. The number of nitrogens with zero attached hydrogens (tertiary/aromatic N) is 2. The molecule has 1 saturated heterocycles. The zero-order chi connectivity index (χ0) is 15.6. The van der Waals surface area contributed by atoms with Gasteiger partial charge in [0.15, 0.2) is 0 Å². The third kappa shape index (κ3) is 2.93. The first-order chi connectivity index (χ1) is 9.95. The van der Waals surface area contributed by atoms with E-state index in [4.69, 9.17) is 4.74 Å². The van der Waals surface area contributed by atoms with Gasteiger partial charge in [0.25, 0.3) is 0 Å². The quantitative estimate of drug-likeness (QED) is 0.485. The van der Waals surface area contributed by atoms with Gasteiger partial charge in [0.2, 0.25) is 5.82 Å². The Kier molecular flexibility index (Phi) is 4.35. The number of carbonyl (C=O) groups is 1. The summed E-state index contributed by atoms with van der Waals surface area (Å²) in [7, 11) is 0. The van der Waals surface area contributed by atoms with E-state index in [1.54, 1.807) is 6.92 Å². The monoisotopic (exact) mass is 300 g/mol. The van der Waals surface area contributed by atoms with Gasteiger partial charge < -0.3 is 9.64 Å². The minimum atomic E-state index is -1.26. The molecule has 0 amide bonds. The van der Waals surface area contributed by atoms with Gasteiger partial charge in [-0.1, -0.05) is 0 Å². The molecule has 0 bridgehead atoms. The number of hydrogen-bond donors (Lipinski definition) is 0. The Morgan fingerprint density at radius 1 is 1.52 bits per heavy atom. The van der Waals surface area contributed by atoms with Gasteiger partial charge in [-0.3, -0.25) is 10.1 Å². The van der Waals surface area contributed by atoms with Crippen molar-refractivity contribution in [1.29, 1.82) is 0 Å². The van der Waals surface area contributed by atoms with Gasteiger partial charge in [-0.2, -0.15) is 4.39 Å². The number of benzene rings is 1. The Labute approximate surface area is 119 Å². The summed E-state index contributed by atoms with van der Waals surface area (Å²) in [5, 5.41) is 11.0. The molecule has 0 radical (unpaired) electrons. The van der Waals surface area contributed by atoms with Crippen molar-refractivity contribution >= 4 is 17.3 Å². The van der Waals surface area contributed by atoms with Crippen molar-refractivity contribution in [2.24, 2.45) is 0 Å². The standard InChI is InChI=1S/C13H14F2N2O4/c1-2-21-13(18)10-4-3-5-16(10)11-7-8(14)6-9(15)12(11)17(19)20/h6-7,10H,2-5H2,1H3. The van der Waals surface area contributed by atoms with Crippen LogP contribution >= 0.6 is 0 Å². The lowest BCUT2D eigenvalue weighted by molar-refractivity contribution is -0.386. The molecule has 8 heteroatoms. The molecule has 6 nitrogen and oxygen atoms in total. The first kappa shape index (κ1) is 15.1. The molecule has 1 unspecified atom stereocenters. The molecule has 0 aromatic heterocycles. The number of ether oxygens (including phenoxy) is 1. The summed E-state index contributed by atoms with van der Waals surface area (Å²) < 4.78 is 32.0. The highest BCUT2D eigenvalue weighted by Crippen LogP contribution is 2.36. The Morgan fingerprint density at radius 2 is 2.24 bits per heavy atom. The van der Waals surface area contributed by atoms with Crippen molar-refractivity contribution in [2.45, 2.75) is 25.8 Å². The topological polar surface area (TPSA) is 72.7 Å². The lowest BCUT2D eigenvalue weighted by Gasteiger charge is -2.24. The van der Waals surface area contributed by atoms with Gasteiger partial charge in [0.05, 0.1) is 11.5 Å². The van der Waals surface area contributed by atoms with Crippen LogP contribution in [0.2, 0.25) is 0 Å². The fourth-order valence-electron chi connectivity index (χ4n) is 2.49. The van der Waals surface area contributed by atoms with E-state index in [1.807, 2.05) is 0 Å². The summed E-state index contributed by atoms with van der Waals surface area (Å²) in [4.78, 5) is 23.3. The maximum absolute atomic E-state index is 13.7. The van der Waals surface area contributed by atoms with Gasteiger partial charge in [-0.15, -0.1) is 0 Å². The molecule has 21 heavy (non-hydrogen) atoms. The molecule has 0 aliphatic carbocycles. The minimum absolute atomic E-state index is 0.169. The van der Waals surface area contributed by atoms with Crippen LogP contribution in [0.15, 0.2) is 12.1 Å². The molecule has 114 valence electrons. The van der Waals surface area contributed by atoms with E-state index in [0.717, 1.165) is 6.07 Å². The van der Waals surface area contributed by atoms with Crippen LogP contribution in [0.3, 0.4) is 0 Å². The summed E-state index contributed by atoms with van der Waals surface area (Å²) in [5.41, 5.74) is -1.05. The fourth-order valence-corrected chi connectivity index (χ4v) is 2.49. The number of hydrogen-bond acceptors (Lipinski definition) is 5. The van der Waals surface area contributed by atoms with Crippen LogP contribution in [0.25, 0.3) is 0 Å². The van der Waals surface area contributed by atoms with Crippen LogP contribution in [-0.2, 0) is 9.53 Å². The second kappa shape index (κ2) is 6.02. The molecule has 1 aliphatic rings. The van der Waals surface area contributed by atoms with E-state index < -0.39 is 34.3 Å². The molecule has 0 saturated carbocycles. The number of rotatable bonds is 4. The zero-order valence-electron chi connectivity index (χ0n) is 11.3. The largest absolute Gasteiger partial charge is 0.464 e. The summed E-state index contributed by atoms with van der Waals surface area (Å²) >= 11 is 0. The van der Waals surface area contributed by atoms with Crippen molar-refractivity contribution in [3.05, 3.63) is 33.9 Å². The van der Waals surface area contributed by atoms with Gasteiger partial charge in [0, 0.05) is 18.7 Å². The van der Waals surface area contributed by atoms with E-state index >= 15 is 0 Å². The maximum atomic E-state index is 13.7. The third-order valence-electron chi connectivity index (χ3n) is 3.31. The highest BCUT2D eigenvalue weighted by atomic mass is 19.1. The van der Waals surface area contributed by atoms with Crippen LogP contribution in [0.4, 0.5) is 20.2 Å². The lowest BCUT2D eigenvalue weighted by atomic mass is 10.2. The first-order valence-electron chi connectivity index (χ1n) is 6.52. The van der Waals surface area contributed by atoms with E-state index in [1.165, 1.54) is 4.90 Å². The van der Waals surface area contributed by atoms with Gasteiger partial charge in [-0.05, 0) is 19.8 Å². The van der Waals surface area contributed by atoms with Crippen LogP contribution in [0, 0.1) is 21.7 Å². The van der Waals surface area contributed by atoms with Crippen molar-refractivity contribution < 1.29 is 23.2 Å². The minimum Gasteiger partial charge on any atom is -0.464 e. The van der Waals surface area contributed by atoms with Crippen LogP contribution < -0.4 is 4.90 Å². The number of esters is 1. The highest BCUT2D eigenvalue weighted by molar-refractivity contribution is 5.82. The number of anilines is 1. The molecule has 1 aromatic carbocycles. The lowest BCUT2D eigenvalue weighted by Crippen LogP contribution is -2.37. The second-order valence-corrected chi connectivity index (χ2v) is 4.62. The molecular weight excluding hydrogens is 286 g/mol. The highest BCUT2D eigenvalue weighted by Gasteiger charge is 2.37. The molecule has 0 N–H and O–H groups in total. The Bertz CT molecular complexity index is 580. The normalized spacial score (nSPS) is 17.9. The van der Waals surface area contributed by atoms with Crippen molar-refractivity contribution in [2.75, 3.05) is 18.1 Å². The first-order valence-corrected chi connectivity index (χ1v) is 6.52. The van der Waals surface area contributed by atoms with Crippen LogP contribution in [-0.4, -0.2) is 30.1 Å². The third-order valence-corrected chi connectivity index (χ3v) is 3.31. The van der Waals surface area contributed by atoms with Crippen molar-refractivity contribution in [1.82, 2.24) is 0 Å².